The topological polar surface area (TPSA) is 54.1 Å². The second kappa shape index (κ2) is 6.58. The molecule has 0 bridgehead atoms. The summed E-state index contributed by atoms with van der Waals surface area (Å²) in [5.41, 5.74) is 1.09. The highest BCUT2D eigenvalue weighted by Crippen LogP contribution is 2.48. The number of carbonyl (C=O) groups is 1. The maximum Gasteiger partial charge on any atom is 0.225 e. The molecule has 0 aromatic carbocycles. The third-order valence-corrected chi connectivity index (χ3v) is 6.30. The molecule has 1 fully saturated rings. The standard InChI is InChI=1S/C15H24N2O2S2/c1-5-15(6-2)11(8-12(15)19-4)17-13(18)7-10-9(3)16-14(20)21-10/h11-12H,5-8H2,1-4H3,(H,16,20)(H,17,18). The minimum atomic E-state index is 0.0779. The lowest BCUT2D eigenvalue weighted by molar-refractivity contribution is -0.140. The molecule has 2 N–H and O–H groups in total. The fourth-order valence-electron chi connectivity index (χ4n) is 3.48. The number of thiazole rings is 1. The maximum atomic E-state index is 12.3. The zero-order chi connectivity index (χ0) is 15.6. The fourth-order valence-corrected chi connectivity index (χ4v) is 4.77. The summed E-state index contributed by atoms with van der Waals surface area (Å²) < 4.78 is 6.30. The predicted octanol–water partition coefficient (Wildman–Crippen LogP) is 3.37. The monoisotopic (exact) mass is 328 g/mol. The Balaban J connectivity index is 2.00. The van der Waals surface area contributed by atoms with Crippen LogP contribution in [0.15, 0.2) is 0 Å². The van der Waals surface area contributed by atoms with Crippen LogP contribution in [0, 0.1) is 16.3 Å². The molecule has 1 heterocycles. The van der Waals surface area contributed by atoms with Crippen LogP contribution in [0.3, 0.4) is 0 Å². The molecule has 0 aliphatic heterocycles. The first-order valence-electron chi connectivity index (χ1n) is 7.47. The molecule has 1 aromatic heterocycles. The molecule has 21 heavy (non-hydrogen) atoms. The maximum absolute atomic E-state index is 12.3. The number of carbonyl (C=O) groups excluding carboxylic acids is 1. The highest BCUT2D eigenvalue weighted by atomic mass is 32.1. The van der Waals surface area contributed by atoms with Crippen molar-refractivity contribution in [2.75, 3.05) is 7.11 Å². The lowest BCUT2D eigenvalue weighted by Crippen LogP contribution is -2.64. The van der Waals surface area contributed by atoms with Crippen molar-refractivity contribution in [2.45, 2.75) is 58.6 Å². The Morgan fingerprint density at radius 2 is 2.19 bits per heavy atom. The highest BCUT2D eigenvalue weighted by molar-refractivity contribution is 7.73. The van der Waals surface area contributed by atoms with Crippen molar-refractivity contribution in [1.82, 2.24) is 10.3 Å². The van der Waals surface area contributed by atoms with Gasteiger partial charge in [-0.1, -0.05) is 13.8 Å². The van der Waals surface area contributed by atoms with E-state index in [9.17, 15) is 4.79 Å². The predicted molar refractivity (Wildman–Crippen MR) is 88.3 cm³/mol. The average molecular weight is 329 g/mol. The van der Waals surface area contributed by atoms with Crippen LogP contribution >= 0.6 is 23.6 Å². The Morgan fingerprint density at radius 3 is 2.67 bits per heavy atom. The summed E-state index contributed by atoms with van der Waals surface area (Å²) in [6.45, 7) is 6.31. The molecule has 0 saturated heterocycles. The van der Waals surface area contributed by atoms with Crippen molar-refractivity contribution in [3.63, 3.8) is 0 Å². The molecule has 4 nitrogen and oxygen atoms in total. The molecular weight excluding hydrogens is 304 g/mol. The van der Waals surface area contributed by atoms with Crippen LogP contribution in [0.5, 0.6) is 0 Å². The van der Waals surface area contributed by atoms with Crippen LogP contribution in [-0.4, -0.2) is 30.1 Å². The molecule has 1 aliphatic carbocycles. The minimum Gasteiger partial charge on any atom is -0.381 e. The first kappa shape index (κ1) is 16.6. The van der Waals surface area contributed by atoms with E-state index in [0.29, 0.717) is 6.42 Å². The molecule has 2 unspecified atom stereocenters. The molecule has 1 aliphatic rings. The van der Waals surface area contributed by atoms with Gasteiger partial charge in [0.1, 0.15) is 0 Å². The van der Waals surface area contributed by atoms with Crippen LogP contribution in [0.4, 0.5) is 0 Å². The minimum absolute atomic E-state index is 0.0779. The summed E-state index contributed by atoms with van der Waals surface area (Å²) in [6.07, 6.45) is 3.62. The number of aryl methyl sites for hydroxylation is 1. The number of rotatable bonds is 6. The third-order valence-electron chi connectivity index (χ3n) is 4.97. The number of H-pyrrole nitrogens is 1. The molecule has 1 saturated carbocycles. The van der Waals surface area contributed by atoms with E-state index in [1.54, 1.807) is 7.11 Å². The summed E-state index contributed by atoms with van der Waals surface area (Å²) in [7, 11) is 1.76. The summed E-state index contributed by atoms with van der Waals surface area (Å²) >= 11 is 6.60. The normalized spacial score (nSPS) is 23.6. The molecule has 1 amide bonds. The van der Waals surface area contributed by atoms with E-state index < -0.39 is 0 Å². The van der Waals surface area contributed by atoms with Crippen molar-refractivity contribution in [2.24, 2.45) is 5.41 Å². The second-order valence-electron chi connectivity index (χ2n) is 5.76. The number of aromatic amines is 1. The number of aromatic nitrogens is 1. The Bertz CT molecular complexity index is 560. The van der Waals surface area contributed by atoms with Crippen molar-refractivity contribution in [3.05, 3.63) is 14.5 Å². The van der Waals surface area contributed by atoms with Crippen LogP contribution in [-0.2, 0) is 16.0 Å². The van der Waals surface area contributed by atoms with Crippen molar-refractivity contribution in [1.29, 1.82) is 0 Å². The Kier molecular flexibility index (Phi) is 5.22. The lowest BCUT2D eigenvalue weighted by atomic mass is 9.58. The summed E-state index contributed by atoms with van der Waals surface area (Å²) in [5, 5.41) is 3.20. The number of hydrogen-bond donors (Lipinski definition) is 2. The smallest absolute Gasteiger partial charge is 0.225 e. The fraction of sp³-hybridized carbons (Fsp3) is 0.733. The number of amides is 1. The number of nitrogens with one attached hydrogen (secondary N) is 2. The van der Waals surface area contributed by atoms with Gasteiger partial charge in [0.15, 0.2) is 3.95 Å². The van der Waals surface area contributed by atoms with Crippen LogP contribution in [0.1, 0.15) is 43.7 Å². The molecular formula is C15H24N2O2S2. The molecule has 2 atom stereocenters. The van der Waals surface area contributed by atoms with Gasteiger partial charge in [0.2, 0.25) is 5.91 Å². The summed E-state index contributed by atoms with van der Waals surface area (Å²) in [5.74, 6) is 0.0779. The van der Waals surface area contributed by atoms with Gasteiger partial charge < -0.3 is 15.0 Å². The zero-order valence-corrected chi connectivity index (χ0v) is 14.7. The van der Waals surface area contributed by atoms with E-state index in [0.717, 1.165) is 33.8 Å². The summed E-state index contributed by atoms with van der Waals surface area (Å²) in [6, 6.07) is 0.220. The van der Waals surface area contributed by atoms with Crippen LogP contribution in [0.25, 0.3) is 0 Å². The highest BCUT2D eigenvalue weighted by Gasteiger charge is 2.53. The first-order valence-corrected chi connectivity index (χ1v) is 8.70. The molecule has 1 aromatic rings. The molecule has 6 heteroatoms. The van der Waals surface area contributed by atoms with Gasteiger partial charge >= 0.3 is 0 Å². The van der Waals surface area contributed by atoms with Gasteiger partial charge in [0.05, 0.1) is 12.5 Å². The molecule has 0 radical (unpaired) electrons. The van der Waals surface area contributed by atoms with Crippen LogP contribution in [0.2, 0.25) is 0 Å². The Labute approximate surface area is 135 Å². The molecule has 0 spiro atoms. The number of methoxy groups -OCH3 is 1. The van der Waals surface area contributed by atoms with Gasteiger partial charge in [-0.3, -0.25) is 4.79 Å². The summed E-state index contributed by atoms with van der Waals surface area (Å²) in [4.78, 5) is 16.4. The van der Waals surface area contributed by atoms with Gasteiger partial charge in [0, 0.05) is 29.1 Å². The first-order chi connectivity index (χ1) is 9.96. The van der Waals surface area contributed by atoms with Gasteiger partial charge in [-0.25, -0.2) is 0 Å². The largest absolute Gasteiger partial charge is 0.381 e. The Morgan fingerprint density at radius 1 is 1.52 bits per heavy atom. The van der Waals surface area contributed by atoms with Gasteiger partial charge in [-0.2, -0.15) is 0 Å². The van der Waals surface area contributed by atoms with E-state index >= 15 is 0 Å². The second-order valence-corrected chi connectivity index (χ2v) is 7.53. The number of hydrogen-bond acceptors (Lipinski definition) is 4. The quantitative estimate of drug-likeness (QED) is 0.787. The van der Waals surface area contributed by atoms with E-state index in [2.05, 4.69) is 24.1 Å². The lowest BCUT2D eigenvalue weighted by Gasteiger charge is -2.55. The van der Waals surface area contributed by atoms with Crippen molar-refractivity contribution >= 4 is 29.5 Å². The van der Waals surface area contributed by atoms with Gasteiger partial charge in [0.25, 0.3) is 0 Å². The Hall–Kier alpha value is -0.720. The van der Waals surface area contributed by atoms with Crippen molar-refractivity contribution in [3.8, 4) is 0 Å². The average Bonchev–Trinajstić information content (AvgIpc) is 2.74. The zero-order valence-electron chi connectivity index (χ0n) is 13.1. The van der Waals surface area contributed by atoms with Crippen LogP contribution < -0.4 is 5.32 Å². The van der Waals surface area contributed by atoms with E-state index in [-0.39, 0.29) is 23.5 Å². The van der Waals surface area contributed by atoms with Gasteiger partial charge in [-0.15, -0.1) is 11.3 Å². The van der Waals surface area contributed by atoms with Gasteiger partial charge in [-0.05, 0) is 38.4 Å². The van der Waals surface area contributed by atoms with Crippen molar-refractivity contribution < 1.29 is 9.53 Å². The third kappa shape index (κ3) is 3.07. The SMILES string of the molecule is CCC1(CC)C(NC(=O)Cc2sc(=S)[nH]c2C)CC1OC. The van der Waals surface area contributed by atoms with E-state index in [1.807, 2.05) is 6.92 Å². The molecule has 118 valence electrons. The van der Waals surface area contributed by atoms with E-state index in [1.165, 1.54) is 11.3 Å². The van der Waals surface area contributed by atoms with E-state index in [4.69, 9.17) is 17.0 Å². The molecule has 2 rings (SSSR count). The number of ether oxygens (including phenoxy) is 1.